The van der Waals surface area contributed by atoms with E-state index in [0.717, 1.165) is 31.1 Å². The second kappa shape index (κ2) is 5.96. The lowest BCUT2D eigenvalue weighted by atomic mass is 9.83. The molecule has 1 saturated heterocycles. The first-order valence-electron chi connectivity index (χ1n) is 7.44. The topological polar surface area (TPSA) is 29.9 Å². The third kappa shape index (κ3) is 3.22. The van der Waals surface area contributed by atoms with Gasteiger partial charge in [0.05, 0.1) is 15.9 Å². The summed E-state index contributed by atoms with van der Waals surface area (Å²) in [7, 11) is 0. The van der Waals surface area contributed by atoms with Crippen molar-refractivity contribution in [3.8, 4) is 0 Å². The monoisotopic (exact) mass is 327 g/mol. The highest BCUT2D eigenvalue weighted by Crippen LogP contribution is 2.33. The number of halogens is 1. The first-order valence-corrected chi connectivity index (χ1v) is 8.23. The molecule has 2 rings (SSSR count). The van der Waals surface area contributed by atoms with Crippen molar-refractivity contribution in [1.29, 1.82) is 0 Å². The quantitative estimate of drug-likeness (QED) is 0.893. The Morgan fingerprint density at radius 3 is 2.74 bits per heavy atom. The molecule has 1 atom stereocenters. The summed E-state index contributed by atoms with van der Waals surface area (Å²) >= 11 is 3.73. The molecule has 19 heavy (non-hydrogen) atoms. The predicted molar refractivity (Wildman–Crippen MR) is 83.5 cm³/mol. The Morgan fingerprint density at radius 1 is 1.47 bits per heavy atom. The summed E-state index contributed by atoms with van der Waals surface area (Å²) < 4.78 is 3.35. The van der Waals surface area contributed by atoms with Crippen LogP contribution in [0.1, 0.15) is 51.4 Å². The van der Waals surface area contributed by atoms with Gasteiger partial charge in [-0.3, -0.25) is 4.68 Å². The number of aryl methyl sites for hydroxylation is 2. The van der Waals surface area contributed by atoms with Crippen molar-refractivity contribution < 1.29 is 0 Å². The Kier molecular flexibility index (Phi) is 4.72. The van der Waals surface area contributed by atoms with E-state index in [9.17, 15) is 0 Å². The molecule has 0 saturated carbocycles. The molecule has 1 N–H and O–H groups in total. The van der Waals surface area contributed by atoms with Crippen LogP contribution < -0.4 is 5.32 Å². The number of aromatic nitrogens is 2. The zero-order chi connectivity index (χ0) is 14.0. The van der Waals surface area contributed by atoms with Gasteiger partial charge >= 0.3 is 0 Å². The van der Waals surface area contributed by atoms with E-state index in [0.29, 0.717) is 0 Å². The summed E-state index contributed by atoms with van der Waals surface area (Å²) in [6.07, 6.45) is 4.91. The van der Waals surface area contributed by atoms with E-state index in [1.807, 2.05) is 0 Å². The van der Waals surface area contributed by atoms with Crippen LogP contribution in [0.15, 0.2) is 4.47 Å². The molecule has 1 fully saturated rings. The van der Waals surface area contributed by atoms with Crippen LogP contribution in [-0.4, -0.2) is 21.9 Å². The number of nitrogens with one attached hydrogen (secondary N) is 1. The molecule has 1 aliphatic heterocycles. The molecular formula is C15H26BrN3. The molecule has 0 spiro atoms. The summed E-state index contributed by atoms with van der Waals surface area (Å²) in [6, 6.07) is 0. The van der Waals surface area contributed by atoms with Gasteiger partial charge in [-0.05, 0) is 61.5 Å². The van der Waals surface area contributed by atoms with Gasteiger partial charge in [0.15, 0.2) is 0 Å². The Morgan fingerprint density at radius 2 is 2.21 bits per heavy atom. The van der Waals surface area contributed by atoms with E-state index >= 15 is 0 Å². The van der Waals surface area contributed by atoms with Crippen LogP contribution in [0.25, 0.3) is 0 Å². The number of hydrogen-bond acceptors (Lipinski definition) is 2. The molecule has 1 aliphatic rings. The van der Waals surface area contributed by atoms with Gasteiger partial charge < -0.3 is 5.32 Å². The highest BCUT2D eigenvalue weighted by atomic mass is 79.9. The van der Waals surface area contributed by atoms with E-state index in [2.05, 4.69) is 58.7 Å². The van der Waals surface area contributed by atoms with Crippen LogP contribution in [0.3, 0.4) is 0 Å². The van der Waals surface area contributed by atoms with Gasteiger partial charge in [-0.25, -0.2) is 0 Å². The fourth-order valence-electron chi connectivity index (χ4n) is 3.41. The number of nitrogens with zero attached hydrogens (tertiary/aromatic N) is 2. The largest absolute Gasteiger partial charge is 0.311 e. The van der Waals surface area contributed by atoms with Crippen LogP contribution in [-0.2, 0) is 13.0 Å². The molecule has 0 aromatic carbocycles. The molecule has 4 heteroatoms. The van der Waals surface area contributed by atoms with Crippen LogP contribution in [0.5, 0.6) is 0 Å². The van der Waals surface area contributed by atoms with Gasteiger partial charge in [-0.15, -0.1) is 0 Å². The van der Waals surface area contributed by atoms with Crippen molar-refractivity contribution in [2.45, 2.75) is 65.5 Å². The average molecular weight is 328 g/mol. The third-order valence-electron chi connectivity index (χ3n) is 4.09. The molecule has 3 nitrogen and oxygen atoms in total. The molecule has 2 heterocycles. The van der Waals surface area contributed by atoms with Crippen molar-refractivity contribution in [3.05, 3.63) is 15.9 Å². The Bertz CT molecular complexity index is 431. The van der Waals surface area contributed by atoms with E-state index in [4.69, 9.17) is 0 Å². The van der Waals surface area contributed by atoms with Gasteiger partial charge in [-0.2, -0.15) is 5.10 Å². The number of rotatable bonds is 5. The highest BCUT2D eigenvalue weighted by molar-refractivity contribution is 9.10. The predicted octanol–water partition coefficient (Wildman–Crippen LogP) is 3.68. The first kappa shape index (κ1) is 15.0. The zero-order valence-corrected chi connectivity index (χ0v) is 14.2. The molecule has 1 aromatic heterocycles. The molecule has 108 valence electrons. The van der Waals surface area contributed by atoms with Gasteiger partial charge in [-0.1, -0.05) is 13.8 Å². The lowest BCUT2D eigenvalue weighted by molar-refractivity contribution is 0.294. The van der Waals surface area contributed by atoms with Crippen molar-refractivity contribution in [2.75, 3.05) is 6.54 Å². The maximum absolute atomic E-state index is 4.62. The van der Waals surface area contributed by atoms with Crippen LogP contribution in [0, 0.1) is 12.8 Å². The maximum atomic E-state index is 4.62. The van der Waals surface area contributed by atoms with Crippen molar-refractivity contribution in [1.82, 2.24) is 15.1 Å². The highest BCUT2D eigenvalue weighted by Gasteiger charge is 2.35. The zero-order valence-electron chi connectivity index (χ0n) is 12.6. The standard InChI is InChI=1S/C15H26BrN3/c1-5-19-13(14(16)12(4)18-19)10-15(9-11(2)3)7-6-8-17-15/h11,17H,5-10H2,1-4H3. The van der Waals surface area contributed by atoms with Crippen molar-refractivity contribution in [3.63, 3.8) is 0 Å². The molecule has 0 radical (unpaired) electrons. The smallest absolute Gasteiger partial charge is 0.0738 e. The molecule has 0 amide bonds. The molecular weight excluding hydrogens is 302 g/mol. The van der Waals surface area contributed by atoms with Crippen LogP contribution in [0.2, 0.25) is 0 Å². The summed E-state index contributed by atoms with van der Waals surface area (Å²) in [5.74, 6) is 0.725. The van der Waals surface area contributed by atoms with Crippen molar-refractivity contribution >= 4 is 15.9 Å². The van der Waals surface area contributed by atoms with Crippen molar-refractivity contribution in [2.24, 2.45) is 5.92 Å². The first-order chi connectivity index (χ1) is 8.97. The Balaban J connectivity index is 2.26. The minimum absolute atomic E-state index is 0.274. The lowest BCUT2D eigenvalue weighted by Gasteiger charge is -2.32. The Labute approximate surface area is 125 Å². The van der Waals surface area contributed by atoms with Gasteiger partial charge in [0.1, 0.15) is 0 Å². The molecule has 0 aliphatic carbocycles. The van der Waals surface area contributed by atoms with E-state index in [1.165, 1.54) is 29.4 Å². The van der Waals surface area contributed by atoms with Gasteiger partial charge in [0.25, 0.3) is 0 Å². The summed E-state index contributed by atoms with van der Waals surface area (Å²) in [5.41, 5.74) is 2.74. The minimum Gasteiger partial charge on any atom is -0.311 e. The fraction of sp³-hybridized carbons (Fsp3) is 0.800. The normalized spacial score (nSPS) is 23.5. The molecule has 1 unspecified atom stereocenters. The second-order valence-corrected chi connectivity index (χ2v) is 7.04. The lowest BCUT2D eigenvalue weighted by Crippen LogP contribution is -2.43. The molecule has 0 bridgehead atoms. The van der Waals surface area contributed by atoms with E-state index < -0.39 is 0 Å². The van der Waals surface area contributed by atoms with Gasteiger partial charge in [0, 0.05) is 18.5 Å². The second-order valence-electron chi connectivity index (χ2n) is 6.25. The van der Waals surface area contributed by atoms with E-state index in [-0.39, 0.29) is 5.54 Å². The minimum atomic E-state index is 0.274. The van der Waals surface area contributed by atoms with E-state index in [1.54, 1.807) is 0 Å². The molecule has 1 aromatic rings. The fourth-order valence-corrected chi connectivity index (χ4v) is 3.83. The van der Waals surface area contributed by atoms with Crippen LogP contribution >= 0.6 is 15.9 Å². The summed E-state index contributed by atoms with van der Waals surface area (Å²) in [6.45, 7) is 11.0. The average Bonchev–Trinajstić information content (AvgIpc) is 2.89. The summed E-state index contributed by atoms with van der Waals surface area (Å²) in [4.78, 5) is 0. The maximum Gasteiger partial charge on any atom is 0.0738 e. The number of hydrogen-bond donors (Lipinski definition) is 1. The Hall–Kier alpha value is -0.350. The summed E-state index contributed by atoms with van der Waals surface area (Å²) in [5, 5.41) is 8.40. The third-order valence-corrected chi connectivity index (χ3v) is 5.12. The van der Waals surface area contributed by atoms with Gasteiger partial charge in [0.2, 0.25) is 0 Å². The SMILES string of the molecule is CCn1nc(C)c(Br)c1CC1(CC(C)C)CCCN1. The van der Waals surface area contributed by atoms with Crippen LogP contribution in [0.4, 0.5) is 0 Å².